The van der Waals surface area contributed by atoms with E-state index in [1.807, 2.05) is 30.4 Å². The molecule has 1 aliphatic rings. The van der Waals surface area contributed by atoms with Crippen LogP contribution in [0.2, 0.25) is 0 Å². The van der Waals surface area contributed by atoms with Gasteiger partial charge in [0, 0.05) is 31.7 Å². The van der Waals surface area contributed by atoms with Gasteiger partial charge in [0.1, 0.15) is 0 Å². The van der Waals surface area contributed by atoms with E-state index in [-0.39, 0.29) is 17.7 Å². The fraction of sp³-hybridized carbons (Fsp3) is 0.522. The minimum absolute atomic E-state index is 0.0678. The van der Waals surface area contributed by atoms with E-state index in [4.69, 9.17) is 0 Å². The van der Waals surface area contributed by atoms with Crippen LogP contribution in [-0.2, 0) is 16.0 Å². The van der Waals surface area contributed by atoms with Crippen LogP contribution in [-0.4, -0.2) is 46.1 Å². The van der Waals surface area contributed by atoms with Crippen molar-refractivity contribution in [3.05, 3.63) is 47.3 Å². The van der Waals surface area contributed by atoms with Gasteiger partial charge in [0.25, 0.3) is 0 Å². The van der Waals surface area contributed by atoms with E-state index < -0.39 is 0 Å². The Kier molecular flexibility index (Phi) is 7.07. The molecule has 1 fully saturated rings. The maximum Gasteiger partial charge on any atom is 0.224 e. The molecule has 1 aliphatic heterocycles. The molecule has 1 aromatic heterocycles. The highest BCUT2D eigenvalue weighted by Crippen LogP contribution is 2.18. The van der Waals surface area contributed by atoms with Crippen molar-refractivity contribution in [1.82, 2.24) is 20.0 Å². The maximum atomic E-state index is 12.5. The molecule has 1 saturated heterocycles. The van der Waals surface area contributed by atoms with Crippen molar-refractivity contribution in [2.45, 2.75) is 52.9 Å². The van der Waals surface area contributed by atoms with Gasteiger partial charge in [-0.25, -0.2) is 4.68 Å². The Labute approximate surface area is 173 Å². The van der Waals surface area contributed by atoms with Crippen LogP contribution < -0.4 is 5.32 Å². The number of rotatable bonds is 7. The molecule has 3 rings (SSSR count). The zero-order chi connectivity index (χ0) is 20.8. The number of carbonyl (C=O) groups is 2. The maximum absolute atomic E-state index is 12.5. The van der Waals surface area contributed by atoms with Gasteiger partial charge in [0.15, 0.2) is 0 Å². The van der Waals surface area contributed by atoms with Gasteiger partial charge in [-0.3, -0.25) is 9.59 Å². The molecule has 0 saturated carbocycles. The Morgan fingerprint density at radius 2 is 1.97 bits per heavy atom. The third kappa shape index (κ3) is 5.46. The van der Waals surface area contributed by atoms with Crippen LogP contribution in [0.15, 0.2) is 30.3 Å². The van der Waals surface area contributed by atoms with Crippen molar-refractivity contribution in [2.24, 2.45) is 5.92 Å². The molecule has 0 spiro atoms. The normalized spacial score (nSPS) is 16.7. The molecule has 6 nitrogen and oxygen atoms in total. The summed E-state index contributed by atoms with van der Waals surface area (Å²) in [7, 11) is 0. The molecule has 0 aliphatic carbocycles. The first-order valence-corrected chi connectivity index (χ1v) is 10.7. The van der Waals surface area contributed by atoms with Crippen LogP contribution in [0, 0.1) is 19.8 Å². The minimum atomic E-state index is -0.0852. The van der Waals surface area contributed by atoms with Crippen LogP contribution >= 0.6 is 0 Å². The van der Waals surface area contributed by atoms with Crippen molar-refractivity contribution in [1.29, 1.82) is 0 Å². The Hall–Kier alpha value is -2.63. The van der Waals surface area contributed by atoms with Crippen molar-refractivity contribution < 1.29 is 9.59 Å². The predicted octanol–water partition coefficient (Wildman–Crippen LogP) is 3.19. The van der Waals surface area contributed by atoms with E-state index in [0.29, 0.717) is 19.5 Å². The first kappa shape index (κ1) is 21.1. The van der Waals surface area contributed by atoms with Gasteiger partial charge in [0.05, 0.1) is 17.3 Å². The summed E-state index contributed by atoms with van der Waals surface area (Å²) in [6.45, 7) is 8.00. The standard InChI is InChI=1S/C23H32N4O2/c1-4-6-22(28)26-14-5-7-20(16-26)23(29)24-13-12-19-8-10-21(11-9-19)27-18(3)15-17(2)25-27/h8-11,15,20H,4-7,12-14,16H2,1-3H3,(H,24,29). The number of hydrogen-bond acceptors (Lipinski definition) is 3. The van der Waals surface area contributed by atoms with E-state index in [1.54, 1.807) is 0 Å². The van der Waals surface area contributed by atoms with Gasteiger partial charge in [-0.2, -0.15) is 5.10 Å². The van der Waals surface area contributed by atoms with Gasteiger partial charge in [-0.1, -0.05) is 19.1 Å². The van der Waals surface area contributed by atoms with Crippen molar-refractivity contribution in [2.75, 3.05) is 19.6 Å². The average Bonchev–Trinajstić information content (AvgIpc) is 3.06. The lowest BCUT2D eigenvalue weighted by atomic mass is 9.96. The first-order chi connectivity index (χ1) is 14.0. The summed E-state index contributed by atoms with van der Waals surface area (Å²) < 4.78 is 1.94. The van der Waals surface area contributed by atoms with E-state index in [9.17, 15) is 9.59 Å². The quantitative estimate of drug-likeness (QED) is 0.782. The number of amides is 2. The molecule has 2 heterocycles. The molecule has 1 N–H and O–H groups in total. The smallest absolute Gasteiger partial charge is 0.224 e. The third-order valence-electron chi connectivity index (χ3n) is 5.51. The molecule has 1 atom stereocenters. The summed E-state index contributed by atoms with van der Waals surface area (Å²) in [5, 5.41) is 7.57. The number of hydrogen-bond donors (Lipinski definition) is 1. The summed E-state index contributed by atoms with van der Waals surface area (Å²) in [4.78, 5) is 26.5. The summed E-state index contributed by atoms with van der Waals surface area (Å²) in [5.41, 5.74) is 4.34. The van der Waals surface area contributed by atoms with Gasteiger partial charge in [-0.05, 0) is 63.3 Å². The second-order valence-corrected chi connectivity index (χ2v) is 7.98. The largest absolute Gasteiger partial charge is 0.355 e. The van der Waals surface area contributed by atoms with Crippen LogP contribution in [0.25, 0.3) is 5.69 Å². The Balaban J connectivity index is 1.47. The van der Waals surface area contributed by atoms with E-state index in [1.165, 1.54) is 5.56 Å². The zero-order valence-electron chi connectivity index (χ0n) is 17.8. The van der Waals surface area contributed by atoms with E-state index in [0.717, 1.165) is 49.3 Å². The van der Waals surface area contributed by atoms with Gasteiger partial charge in [-0.15, -0.1) is 0 Å². The minimum Gasteiger partial charge on any atom is -0.355 e. The van der Waals surface area contributed by atoms with Crippen molar-refractivity contribution >= 4 is 11.8 Å². The Morgan fingerprint density at radius 3 is 2.62 bits per heavy atom. The molecule has 2 aromatic rings. The first-order valence-electron chi connectivity index (χ1n) is 10.7. The summed E-state index contributed by atoms with van der Waals surface area (Å²) in [5.74, 6) is 0.156. The molecular formula is C23H32N4O2. The summed E-state index contributed by atoms with van der Waals surface area (Å²) in [6.07, 6.45) is 3.97. The lowest BCUT2D eigenvalue weighted by Crippen LogP contribution is -2.45. The monoisotopic (exact) mass is 396 g/mol. The highest BCUT2D eigenvalue weighted by atomic mass is 16.2. The fourth-order valence-corrected chi connectivity index (χ4v) is 3.96. The zero-order valence-corrected chi connectivity index (χ0v) is 17.8. The number of benzene rings is 1. The number of nitrogens with zero attached hydrogens (tertiary/aromatic N) is 3. The molecule has 1 aromatic carbocycles. The van der Waals surface area contributed by atoms with Crippen LogP contribution in [0.4, 0.5) is 0 Å². The number of nitrogens with one attached hydrogen (secondary N) is 1. The number of aryl methyl sites for hydroxylation is 2. The molecule has 6 heteroatoms. The van der Waals surface area contributed by atoms with Crippen LogP contribution in [0.5, 0.6) is 0 Å². The fourth-order valence-electron chi connectivity index (χ4n) is 3.96. The number of carbonyl (C=O) groups excluding carboxylic acids is 2. The molecule has 29 heavy (non-hydrogen) atoms. The number of likely N-dealkylation sites (tertiary alicyclic amines) is 1. The molecule has 0 radical (unpaired) electrons. The van der Waals surface area contributed by atoms with E-state index >= 15 is 0 Å². The van der Waals surface area contributed by atoms with Gasteiger partial charge >= 0.3 is 0 Å². The highest BCUT2D eigenvalue weighted by molar-refractivity contribution is 5.81. The van der Waals surface area contributed by atoms with E-state index in [2.05, 4.69) is 40.7 Å². The lowest BCUT2D eigenvalue weighted by molar-refractivity contribution is -0.135. The Morgan fingerprint density at radius 1 is 1.21 bits per heavy atom. The summed E-state index contributed by atoms with van der Waals surface area (Å²) >= 11 is 0. The van der Waals surface area contributed by atoms with Crippen LogP contribution in [0.1, 0.15) is 49.6 Å². The van der Waals surface area contributed by atoms with Crippen LogP contribution in [0.3, 0.4) is 0 Å². The lowest BCUT2D eigenvalue weighted by Gasteiger charge is -2.32. The molecule has 1 unspecified atom stereocenters. The SMILES string of the molecule is CCCC(=O)N1CCCC(C(=O)NCCc2ccc(-n3nc(C)cc3C)cc2)C1. The average molecular weight is 397 g/mol. The molecule has 2 amide bonds. The second-order valence-electron chi connectivity index (χ2n) is 7.98. The second kappa shape index (κ2) is 9.72. The highest BCUT2D eigenvalue weighted by Gasteiger charge is 2.27. The molecule has 0 bridgehead atoms. The number of aromatic nitrogens is 2. The van der Waals surface area contributed by atoms with Crippen molar-refractivity contribution in [3.8, 4) is 5.69 Å². The molecule has 156 valence electrons. The van der Waals surface area contributed by atoms with Gasteiger partial charge < -0.3 is 10.2 Å². The predicted molar refractivity (Wildman–Crippen MR) is 114 cm³/mol. The molecular weight excluding hydrogens is 364 g/mol. The number of piperidine rings is 1. The van der Waals surface area contributed by atoms with Crippen molar-refractivity contribution in [3.63, 3.8) is 0 Å². The van der Waals surface area contributed by atoms with Gasteiger partial charge in [0.2, 0.25) is 11.8 Å². The Bertz CT molecular complexity index is 841. The third-order valence-corrected chi connectivity index (χ3v) is 5.51. The topological polar surface area (TPSA) is 67.2 Å². The summed E-state index contributed by atoms with van der Waals surface area (Å²) in [6, 6.07) is 10.4.